The Kier molecular flexibility index (Phi) is 5.32. The van der Waals surface area contributed by atoms with E-state index in [9.17, 15) is 0 Å². The van der Waals surface area contributed by atoms with E-state index in [0.29, 0.717) is 0 Å². The van der Waals surface area contributed by atoms with Crippen LogP contribution in [0.25, 0.3) is 0 Å². The van der Waals surface area contributed by atoms with Crippen molar-refractivity contribution < 1.29 is 0 Å². The summed E-state index contributed by atoms with van der Waals surface area (Å²) in [5.74, 6) is 0.864. The summed E-state index contributed by atoms with van der Waals surface area (Å²) in [7, 11) is 0. The molecule has 116 valence electrons. The number of nitrogens with one attached hydrogen (secondary N) is 1. The molecular formula is C19H30N2. The van der Waals surface area contributed by atoms with Gasteiger partial charge in [-0.1, -0.05) is 44.0 Å². The number of benzene rings is 1. The smallest absolute Gasteiger partial charge is 0.0237 e. The number of nitrogens with zero attached hydrogens (tertiary/aromatic N) is 1. The molecule has 1 aromatic rings. The molecule has 0 amide bonds. The summed E-state index contributed by atoms with van der Waals surface area (Å²) >= 11 is 0. The summed E-state index contributed by atoms with van der Waals surface area (Å²) < 4.78 is 0. The highest BCUT2D eigenvalue weighted by atomic mass is 15.1. The molecule has 2 nitrogen and oxygen atoms in total. The van der Waals surface area contributed by atoms with Gasteiger partial charge in [-0.15, -0.1) is 0 Å². The molecule has 2 aliphatic rings. The molecule has 21 heavy (non-hydrogen) atoms. The quantitative estimate of drug-likeness (QED) is 0.909. The van der Waals surface area contributed by atoms with Crippen molar-refractivity contribution in [2.75, 3.05) is 19.6 Å². The summed E-state index contributed by atoms with van der Waals surface area (Å²) in [5, 5.41) is 3.82. The monoisotopic (exact) mass is 286 g/mol. The van der Waals surface area contributed by atoms with Crippen LogP contribution in [0.2, 0.25) is 0 Å². The van der Waals surface area contributed by atoms with E-state index in [-0.39, 0.29) is 0 Å². The summed E-state index contributed by atoms with van der Waals surface area (Å²) in [5.41, 5.74) is 3.11. The lowest BCUT2D eigenvalue weighted by Gasteiger charge is -2.30. The third-order valence-corrected chi connectivity index (χ3v) is 5.38. The Morgan fingerprint density at radius 1 is 1.10 bits per heavy atom. The maximum atomic E-state index is 3.82. The fourth-order valence-electron chi connectivity index (χ4n) is 3.99. The van der Waals surface area contributed by atoms with Gasteiger partial charge in [0, 0.05) is 25.7 Å². The molecule has 2 atom stereocenters. The van der Waals surface area contributed by atoms with Crippen LogP contribution < -0.4 is 5.32 Å². The first kappa shape index (κ1) is 15.1. The molecule has 0 radical (unpaired) electrons. The van der Waals surface area contributed by atoms with Crippen LogP contribution in [0.4, 0.5) is 0 Å². The first-order valence-electron chi connectivity index (χ1n) is 8.85. The zero-order valence-electron chi connectivity index (χ0n) is 13.5. The van der Waals surface area contributed by atoms with E-state index < -0.39 is 0 Å². The maximum absolute atomic E-state index is 3.82. The van der Waals surface area contributed by atoms with Gasteiger partial charge in [-0.05, 0) is 49.3 Å². The Bertz CT molecular complexity index is 443. The summed E-state index contributed by atoms with van der Waals surface area (Å²) in [6.07, 6.45) is 8.19. The largest absolute Gasteiger partial charge is 0.312 e. The minimum absolute atomic E-state index is 0.762. The fourth-order valence-corrected chi connectivity index (χ4v) is 3.99. The van der Waals surface area contributed by atoms with E-state index in [2.05, 4.69) is 41.4 Å². The topological polar surface area (TPSA) is 15.3 Å². The molecule has 2 heteroatoms. The number of hydrogen-bond donors (Lipinski definition) is 1. The van der Waals surface area contributed by atoms with Crippen molar-refractivity contribution in [2.24, 2.45) is 5.92 Å². The Morgan fingerprint density at radius 3 is 2.76 bits per heavy atom. The van der Waals surface area contributed by atoms with Gasteiger partial charge in [-0.2, -0.15) is 0 Å². The average molecular weight is 286 g/mol. The number of rotatable bonds is 4. The Balaban J connectivity index is 1.47. The molecule has 1 heterocycles. The minimum atomic E-state index is 0.762. The molecule has 0 bridgehead atoms. The number of hydrogen-bond acceptors (Lipinski definition) is 2. The second kappa shape index (κ2) is 7.42. The summed E-state index contributed by atoms with van der Waals surface area (Å²) in [6, 6.07) is 9.74. The van der Waals surface area contributed by atoms with E-state index in [1.807, 2.05) is 0 Å². The van der Waals surface area contributed by atoms with E-state index in [0.717, 1.165) is 25.0 Å². The molecule has 1 saturated carbocycles. The van der Waals surface area contributed by atoms with Crippen molar-refractivity contribution in [3.8, 4) is 0 Å². The van der Waals surface area contributed by atoms with E-state index in [1.54, 1.807) is 11.1 Å². The Hall–Kier alpha value is -0.860. The SMILES string of the molecule is CC1CCCCC1NCCN1CCCc2ccccc2C1. The van der Waals surface area contributed by atoms with Gasteiger partial charge < -0.3 is 5.32 Å². The average Bonchev–Trinajstić information content (AvgIpc) is 2.71. The van der Waals surface area contributed by atoms with Crippen LogP contribution in [0, 0.1) is 5.92 Å². The van der Waals surface area contributed by atoms with Crippen molar-refractivity contribution in [3.05, 3.63) is 35.4 Å². The second-order valence-corrected chi connectivity index (χ2v) is 6.97. The van der Waals surface area contributed by atoms with Gasteiger partial charge in [0.2, 0.25) is 0 Å². The Labute approximate surface area is 129 Å². The number of aryl methyl sites for hydroxylation is 1. The van der Waals surface area contributed by atoms with Crippen molar-refractivity contribution in [2.45, 2.75) is 58.0 Å². The van der Waals surface area contributed by atoms with Crippen molar-refractivity contribution in [1.29, 1.82) is 0 Å². The maximum Gasteiger partial charge on any atom is 0.0237 e. The zero-order chi connectivity index (χ0) is 14.5. The van der Waals surface area contributed by atoms with Crippen LogP contribution in [0.5, 0.6) is 0 Å². The van der Waals surface area contributed by atoms with Gasteiger partial charge in [0.1, 0.15) is 0 Å². The number of fused-ring (bicyclic) bond motifs is 1. The van der Waals surface area contributed by atoms with Crippen LogP contribution in [0.1, 0.15) is 50.2 Å². The molecule has 0 saturated heterocycles. The van der Waals surface area contributed by atoms with Gasteiger partial charge in [0.25, 0.3) is 0 Å². The third kappa shape index (κ3) is 4.08. The van der Waals surface area contributed by atoms with Crippen LogP contribution >= 0.6 is 0 Å². The lowest BCUT2D eigenvalue weighted by atomic mass is 9.86. The van der Waals surface area contributed by atoms with Gasteiger partial charge in [0.05, 0.1) is 0 Å². The minimum Gasteiger partial charge on any atom is -0.312 e. The molecule has 0 spiro atoms. The van der Waals surface area contributed by atoms with Crippen molar-refractivity contribution in [1.82, 2.24) is 10.2 Å². The highest BCUT2D eigenvalue weighted by Gasteiger charge is 2.21. The third-order valence-electron chi connectivity index (χ3n) is 5.38. The van der Waals surface area contributed by atoms with Gasteiger partial charge in [0.15, 0.2) is 0 Å². The van der Waals surface area contributed by atoms with Gasteiger partial charge in [-0.25, -0.2) is 0 Å². The first-order chi connectivity index (χ1) is 10.3. The molecule has 1 fully saturated rings. The standard InChI is InChI=1S/C19H30N2/c1-16-7-2-5-11-19(16)20-12-14-21-13-6-10-17-8-3-4-9-18(17)15-21/h3-4,8-9,16,19-20H,2,5-7,10-15H2,1H3. The molecule has 1 aromatic carbocycles. The van der Waals surface area contributed by atoms with Crippen molar-refractivity contribution >= 4 is 0 Å². The van der Waals surface area contributed by atoms with Gasteiger partial charge >= 0.3 is 0 Å². The summed E-state index contributed by atoms with van der Waals surface area (Å²) in [4.78, 5) is 2.63. The second-order valence-electron chi connectivity index (χ2n) is 6.97. The van der Waals surface area contributed by atoms with Gasteiger partial charge in [-0.3, -0.25) is 4.90 Å². The van der Waals surface area contributed by atoms with Crippen molar-refractivity contribution in [3.63, 3.8) is 0 Å². The Morgan fingerprint density at radius 2 is 1.90 bits per heavy atom. The summed E-state index contributed by atoms with van der Waals surface area (Å²) in [6.45, 7) is 7.14. The van der Waals surface area contributed by atoms with Crippen LogP contribution in [0.15, 0.2) is 24.3 Å². The highest BCUT2D eigenvalue weighted by Crippen LogP contribution is 2.23. The highest BCUT2D eigenvalue weighted by molar-refractivity contribution is 5.27. The van der Waals surface area contributed by atoms with E-state index >= 15 is 0 Å². The predicted octanol–water partition coefficient (Wildman–Crippen LogP) is 3.60. The van der Waals surface area contributed by atoms with E-state index in [4.69, 9.17) is 0 Å². The fraction of sp³-hybridized carbons (Fsp3) is 0.684. The lowest BCUT2D eigenvalue weighted by Crippen LogP contribution is -2.41. The molecule has 1 aliphatic carbocycles. The van der Waals surface area contributed by atoms with Crippen LogP contribution in [-0.4, -0.2) is 30.6 Å². The molecule has 3 rings (SSSR count). The molecule has 1 N–H and O–H groups in total. The molecule has 2 unspecified atom stereocenters. The zero-order valence-corrected chi connectivity index (χ0v) is 13.5. The van der Waals surface area contributed by atoms with Crippen LogP contribution in [0.3, 0.4) is 0 Å². The molecule has 1 aliphatic heterocycles. The lowest BCUT2D eigenvalue weighted by molar-refractivity contribution is 0.237. The molecule has 0 aromatic heterocycles. The first-order valence-corrected chi connectivity index (χ1v) is 8.85. The molecular weight excluding hydrogens is 256 g/mol. The van der Waals surface area contributed by atoms with Crippen LogP contribution in [-0.2, 0) is 13.0 Å². The predicted molar refractivity (Wildman–Crippen MR) is 89.5 cm³/mol. The van der Waals surface area contributed by atoms with E-state index in [1.165, 1.54) is 51.6 Å². The normalized spacial score (nSPS) is 27.1.